The number of benzene rings is 2. The molecule has 2 aromatic carbocycles. The summed E-state index contributed by atoms with van der Waals surface area (Å²) in [7, 11) is 0. The third kappa shape index (κ3) is 4.93. The maximum Gasteiger partial charge on any atom is 0.167 e. The molecule has 132 valence electrons. The van der Waals surface area contributed by atoms with Crippen LogP contribution in [0.5, 0.6) is 0 Å². The van der Waals surface area contributed by atoms with Gasteiger partial charge in [0.05, 0.1) is 0 Å². The fraction of sp³-hybridized carbons (Fsp3) is 0.182. The predicted octanol–water partition coefficient (Wildman–Crippen LogP) is 3.81. The summed E-state index contributed by atoms with van der Waals surface area (Å²) in [4.78, 5) is 47.5. The molecule has 0 spiro atoms. The van der Waals surface area contributed by atoms with E-state index in [-0.39, 0.29) is 36.0 Å². The zero-order valence-electron chi connectivity index (χ0n) is 14.9. The summed E-state index contributed by atoms with van der Waals surface area (Å²) in [6.07, 6.45) is 1.63. The van der Waals surface area contributed by atoms with E-state index in [1.165, 1.54) is 38.1 Å². The second-order valence-electron chi connectivity index (χ2n) is 6.18. The SMILES string of the molecule is C=CC(=O)Cc1cccc(CC(=O)c2cc(C(C)=O)cc(C(C)=O)c2)c1. The van der Waals surface area contributed by atoms with Crippen molar-refractivity contribution < 1.29 is 19.2 Å². The maximum absolute atomic E-state index is 12.6. The number of carbonyl (C=O) groups is 4. The van der Waals surface area contributed by atoms with Gasteiger partial charge in [-0.15, -0.1) is 0 Å². The third-order valence-corrected chi connectivity index (χ3v) is 4.03. The fourth-order valence-electron chi connectivity index (χ4n) is 2.61. The lowest BCUT2D eigenvalue weighted by molar-refractivity contribution is -0.114. The van der Waals surface area contributed by atoms with Crippen molar-refractivity contribution >= 4 is 23.1 Å². The Bertz CT molecular complexity index is 874. The van der Waals surface area contributed by atoms with Gasteiger partial charge in [-0.2, -0.15) is 0 Å². The van der Waals surface area contributed by atoms with Gasteiger partial charge in [0.25, 0.3) is 0 Å². The summed E-state index contributed by atoms with van der Waals surface area (Å²) in [6, 6.07) is 11.8. The zero-order chi connectivity index (χ0) is 19.3. The summed E-state index contributed by atoms with van der Waals surface area (Å²) in [5.41, 5.74) is 2.58. The molecule has 4 heteroatoms. The first kappa shape index (κ1) is 19.2. The molecule has 0 N–H and O–H groups in total. The molecule has 0 unspecified atom stereocenters. The van der Waals surface area contributed by atoms with Crippen molar-refractivity contribution in [2.45, 2.75) is 26.7 Å². The molecular formula is C22H20O4. The highest BCUT2D eigenvalue weighted by molar-refractivity contribution is 6.05. The number of ketones is 4. The molecule has 0 amide bonds. The summed E-state index contributed by atoms with van der Waals surface area (Å²) in [6.45, 7) is 6.25. The van der Waals surface area contributed by atoms with Gasteiger partial charge < -0.3 is 0 Å². The Labute approximate surface area is 152 Å². The minimum Gasteiger partial charge on any atom is -0.295 e. The Morgan fingerprint density at radius 3 is 1.81 bits per heavy atom. The molecule has 0 aliphatic heterocycles. The summed E-state index contributed by atoms with van der Waals surface area (Å²) >= 11 is 0. The molecular weight excluding hydrogens is 328 g/mol. The van der Waals surface area contributed by atoms with Crippen LogP contribution in [0.25, 0.3) is 0 Å². The first-order valence-electron chi connectivity index (χ1n) is 8.23. The Morgan fingerprint density at radius 1 is 0.808 bits per heavy atom. The summed E-state index contributed by atoms with van der Waals surface area (Å²) in [5, 5.41) is 0. The molecule has 0 saturated heterocycles. The van der Waals surface area contributed by atoms with E-state index < -0.39 is 0 Å². The number of carbonyl (C=O) groups excluding carboxylic acids is 4. The van der Waals surface area contributed by atoms with E-state index in [0.717, 1.165) is 11.1 Å². The predicted molar refractivity (Wildman–Crippen MR) is 99.8 cm³/mol. The van der Waals surface area contributed by atoms with Crippen LogP contribution in [0, 0.1) is 0 Å². The van der Waals surface area contributed by atoms with E-state index in [2.05, 4.69) is 6.58 Å². The van der Waals surface area contributed by atoms with Gasteiger partial charge >= 0.3 is 0 Å². The quantitative estimate of drug-likeness (QED) is 0.537. The molecule has 26 heavy (non-hydrogen) atoms. The van der Waals surface area contributed by atoms with Crippen molar-refractivity contribution in [2.24, 2.45) is 0 Å². The molecule has 4 nitrogen and oxygen atoms in total. The summed E-state index contributed by atoms with van der Waals surface area (Å²) in [5.74, 6) is -0.685. The fourth-order valence-corrected chi connectivity index (χ4v) is 2.61. The van der Waals surface area contributed by atoms with Crippen molar-refractivity contribution in [2.75, 3.05) is 0 Å². The van der Waals surface area contributed by atoms with Crippen LogP contribution in [0.2, 0.25) is 0 Å². The summed E-state index contributed by atoms with van der Waals surface area (Å²) < 4.78 is 0. The Morgan fingerprint density at radius 2 is 1.31 bits per heavy atom. The zero-order valence-corrected chi connectivity index (χ0v) is 14.9. The van der Waals surface area contributed by atoms with Gasteiger partial charge in [0.15, 0.2) is 23.1 Å². The Hall–Kier alpha value is -3.14. The minimum absolute atomic E-state index is 0.0891. The monoisotopic (exact) mass is 348 g/mol. The van der Waals surface area contributed by atoms with E-state index in [1.54, 1.807) is 18.2 Å². The van der Waals surface area contributed by atoms with Crippen LogP contribution in [-0.4, -0.2) is 23.1 Å². The van der Waals surface area contributed by atoms with Crippen LogP contribution in [-0.2, 0) is 17.6 Å². The smallest absolute Gasteiger partial charge is 0.167 e. The molecule has 0 heterocycles. The first-order valence-corrected chi connectivity index (χ1v) is 8.23. The van der Waals surface area contributed by atoms with Gasteiger partial charge in [-0.3, -0.25) is 19.2 Å². The van der Waals surface area contributed by atoms with E-state index in [9.17, 15) is 19.2 Å². The number of hydrogen-bond acceptors (Lipinski definition) is 4. The van der Waals surface area contributed by atoms with Gasteiger partial charge in [0, 0.05) is 29.5 Å². The average molecular weight is 348 g/mol. The molecule has 0 fully saturated rings. The van der Waals surface area contributed by atoms with Crippen molar-refractivity contribution in [1.29, 1.82) is 0 Å². The maximum atomic E-state index is 12.6. The lowest BCUT2D eigenvalue weighted by Gasteiger charge is -2.07. The number of Topliss-reactive ketones (excluding diaryl/α,β-unsaturated/α-hetero) is 3. The van der Waals surface area contributed by atoms with Crippen LogP contribution in [0.1, 0.15) is 56.0 Å². The number of hydrogen-bond donors (Lipinski definition) is 0. The van der Waals surface area contributed by atoms with E-state index in [0.29, 0.717) is 16.7 Å². The highest BCUT2D eigenvalue weighted by atomic mass is 16.1. The average Bonchev–Trinajstić information content (AvgIpc) is 2.61. The first-order chi connectivity index (χ1) is 12.3. The van der Waals surface area contributed by atoms with Crippen molar-refractivity contribution in [3.63, 3.8) is 0 Å². The molecule has 0 bridgehead atoms. The molecule has 0 aromatic heterocycles. The second kappa shape index (κ2) is 8.30. The van der Waals surface area contributed by atoms with Crippen LogP contribution in [0.15, 0.2) is 55.1 Å². The van der Waals surface area contributed by atoms with E-state index >= 15 is 0 Å². The standard InChI is InChI=1S/C22H20O4/c1-4-21(25)9-16-6-5-7-17(8-16)10-22(26)20-12-18(14(2)23)11-19(13-20)15(3)24/h4-8,11-13H,1,9-10H2,2-3H3. The molecule has 2 aromatic rings. The molecule has 0 aliphatic carbocycles. The topological polar surface area (TPSA) is 68.3 Å². The highest BCUT2D eigenvalue weighted by Crippen LogP contribution is 2.16. The normalized spacial score (nSPS) is 10.2. The van der Waals surface area contributed by atoms with Crippen molar-refractivity contribution in [1.82, 2.24) is 0 Å². The third-order valence-electron chi connectivity index (χ3n) is 4.03. The van der Waals surface area contributed by atoms with Crippen LogP contribution in [0.4, 0.5) is 0 Å². The van der Waals surface area contributed by atoms with Crippen LogP contribution in [0.3, 0.4) is 0 Å². The van der Waals surface area contributed by atoms with Crippen LogP contribution >= 0.6 is 0 Å². The van der Waals surface area contributed by atoms with Gasteiger partial charge in [0.1, 0.15) is 0 Å². The Balaban J connectivity index is 2.28. The largest absolute Gasteiger partial charge is 0.295 e. The molecule has 0 atom stereocenters. The van der Waals surface area contributed by atoms with Crippen molar-refractivity contribution in [3.05, 3.63) is 82.9 Å². The Kier molecular flexibility index (Phi) is 6.12. The molecule has 0 aliphatic rings. The van der Waals surface area contributed by atoms with Crippen molar-refractivity contribution in [3.8, 4) is 0 Å². The highest BCUT2D eigenvalue weighted by Gasteiger charge is 2.14. The molecule has 0 saturated carbocycles. The van der Waals surface area contributed by atoms with Gasteiger partial charge in [-0.05, 0) is 49.2 Å². The van der Waals surface area contributed by atoms with Gasteiger partial charge in [0.2, 0.25) is 0 Å². The molecule has 2 rings (SSSR count). The second-order valence-corrected chi connectivity index (χ2v) is 6.18. The molecule has 0 radical (unpaired) electrons. The number of rotatable bonds is 8. The number of allylic oxidation sites excluding steroid dienone is 1. The van der Waals surface area contributed by atoms with E-state index in [4.69, 9.17) is 0 Å². The van der Waals surface area contributed by atoms with Gasteiger partial charge in [-0.25, -0.2) is 0 Å². The van der Waals surface area contributed by atoms with Gasteiger partial charge in [-0.1, -0.05) is 30.8 Å². The lowest BCUT2D eigenvalue weighted by atomic mass is 9.95. The van der Waals surface area contributed by atoms with E-state index in [1.807, 2.05) is 6.07 Å². The van der Waals surface area contributed by atoms with Crippen LogP contribution < -0.4 is 0 Å². The minimum atomic E-state index is -0.202. The lowest BCUT2D eigenvalue weighted by Crippen LogP contribution is -2.08.